The first-order chi connectivity index (χ1) is 8.70. The van der Waals surface area contributed by atoms with Crippen LogP contribution in [-0.4, -0.2) is 29.1 Å². The van der Waals surface area contributed by atoms with E-state index in [1.54, 1.807) is 0 Å². The zero-order valence-corrected chi connectivity index (χ0v) is 11.7. The van der Waals surface area contributed by atoms with Gasteiger partial charge in [-0.1, -0.05) is 26.7 Å². The number of amides is 1. The van der Waals surface area contributed by atoms with Crippen LogP contribution in [0.25, 0.3) is 0 Å². The molecule has 0 bridgehead atoms. The minimum absolute atomic E-state index is 0.0894. The van der Waals surface area contributed by atoms with Crippen molar-refractivity contribution < 1.29 is 4.79 Å². The van der Waals surface area contributed by atoms with E-state index in [-0.39, 0.29) is 6.04 Å². The SMILES string of the molecule is CCC1NC(C2CCCC2)N(C2CC(C)C2)C1=O. The molecule has 3 rings (SSSR count). The summed E-state index contributed by atoms with van der Waals surface area (Å²) >= 11 is 0. The fraction of sp³-hybridized carbons (Fsp3) is 0.933. The summed E-state index contributed by atoms with van der Waals surface area (Å²) < 4.78 is 0. The summed E-state index contributed by atoms with van der Waals surface area (Å²) in [5, 5.41) is 3.62. The number of rotatable bonds is 3. The minimum atomic E-state index is 0.0894. The van der Waals surface area contributed by atoms with E-state index < -0.39 is 0 Å². The van der Waals surface area contributed by atoms with Crippen LogP contribution >= 0.6 is 0 Å². The van der Waals surface area contributed by atoms with E-state index in [0.717, 1.165) is 12.3 Å². The third kappa shape index (κ3) is 1.97. The van der Waals surface area contributed by atoms with Gasteiger partial charge in [-0.2, -0.15) is 0 Å². The second-order valence-corrected chi connectivity index (χ2v) is 6.59. The molecule has 102 valence electrons. The molecular formula is C15H26N2O. The predicted molar refractivity (Wildman–Crippen MR) is 72.0 cm³/mol. The van der Waals surface area contributed by atoms with Crippen molar-refractivity contribution in [2.75, 3.05) is 0 Å². The van der Waals surface area contributed by atoms with E-state index in [1.807, 2.05) is 0 Å². The second kappa shape index (κ2) is 4.84. The van der Waals surface area contributed by atoms with Gasteiger partial charge in [0.2, 0.25) is 5.91 Å². The lowest BCUT2D eigenvalue weighted by atomic mass is 9.80. The molecular weight excluding hydrogens is 224 g/mol. The Hall–Kier alpha value is -0.570. The molecule has 1 heterocycles. The third-order valence-corrected chi connectivity index (χ3v) is 5.22. The van der Waals surface area contributed by atoms with Crippen LogP contribution in [-0.2, 0) is 4.79 Å². The zero-order chi connectivity index (χ0) is 12.7. The normalized spacial score (nSPS) is 41.4. The standard InChI is InChI=1S/C15H26N2O/c1-3-13-15(18)17(12-8-10(2)9-12)14(16-13)11-6-4-5-7-11/h10-14,16H,3-9H2,1-2H3. The van der Waals surface area contributed by atoms with Gasteiger partial charge in [0.15, 0.2) is 0 Å². The first kappa shape index (κ1) is 12.5. The highest BCUT2D eigenvalue weighted by molar-refractivity contribution is 5.84. The first-order valence-electron chi connectivity index (χ1n) is 7.79. The summed E-state index contributed by atoms with van der Waals surface area (Å²) in [7, 11) is 0. The van der Waals surface area contributed by atoms with Crippen LogP contribution in [0.4, 0.5) is 0 Å². The molecule has 2 aliphatic carbocycles. The Balaban J connectivity index is 1.75. The largest absolute Gasteiger partial charge is 0.323 e. The molecule has 1 saturated heterocycles. The van der Waals surface area contributed by atoms with Crippen molar-refractivity contribution >= 4 is 5.91 Å². The Bertz CT molecular complexity index is 318. The lowest BCUT2D eigenvalue weighted by Crippen LogP contribution is -2.52. The summed E-state index contributed by atoms with van der Waals surface area (Å²) in [6.07, 6.45) is 9.02. The molecule has 3 heteroatoms. The van der Waals surface area contributed by atoms with Crippen molar-refractivity contribution in [2.45, 2.75) is 77.0 Å². The van der Waals surface area contributed by atoms with Gasteiger partial charge in [0.05, 0.1) is 12.2 Å². The molecule has 2 unspecified atom stereocenters. The zero-order valence-electron chi connectivity index (χ0n) is 11.7. The Labute approximate surface area is 110 Å². The highest BCUT2D eigenvalue weighted by Gasteiger charge is 2.47. The monoisotopic (exact) mass is 250 g/mol. The number of hydrogen-bond donors (Lipinski definition) is 1. The fourth-order valence-corrected chi connectivity index (χ4v) is 4.10. The van der Waals surface area contributed by atoms with Crippen LogP contribution in [0.15, 0.2) is 0 Å². The summed E-state index contributed by atoms with van der Waals surface area (Å²) in [6.45, 7) is 4.42. The van der Waals surface area contributed by atoms with Crippen molar-refractivity contribution in [3.8, 4) is 0 Å². The van der Waals surface area contributed by atoms with Gasteiger partial charge in [-0.3, -0.25) is 10.1 Å². The van der Waals surface area contributed by atoms with Crippen LogP contribution in [0.3, 0.4) is 0 Å². The molecule has 3 fully saturated rings. The molecule has 0 aromatic rings. The lowest BCUT2D eigenvalue weighted by Gasteiger charge is -2.43. The molecule has 0 radical (unpaired) electrons. The molecule has 1 N–H and O–H groups in total. The summed E-state index contributed by atoms with van der Waals surface area (Å²) in [6, 6.07) is 0.619. The van der Waals surface area contributed by atoms with E-state index in [0.29, 0.717) is 24.0 Å². The lowest BCUT2D eigenvalue weighted by molar-refractivity contribution is -0.135. The van der Waals surface area contributed by atoms with E-state index >= 15 is 0 Å². The second-order valence-electron chi connectivity index (χ2n) is 6.59. The third-order valence-electron chi connectivity index (χ3n) is 5.22. The first-order valence-corrected chi connectivity index (χ1v) is 7.79. The maximum absolute atomic E-state index is 12.5. The van der Waals surface area contributed by atoms with Gasteiger partial charge in [-0.05, 0) is 43.9 Å². The summed E-state index contributed by atoms with van der Waals surface area (Å²) in [5.41, 5.74) is 0. The number of nitrogens with one attached hydrogen (secondary N) is 1. The van der Waals surface area contributed by atoms with Crippen LogP contribution in [0.2, 0.25) is 0 Å². The van der Waals surface area contributed by atoms with Crippen LogP contribution in [0.1, 0.15) is 58.8 Å². The Morgan fingerprint density at radius 3 is 2.50 bits per heavy atom. The molecule has 1 aliphatic heterocycles. The number of hydrogen-bond acceptors (Lipinski definition) is 2. The van der Waals surface area contributed by atoms with Gasteiger partial charge >= 0.3 is 0 Å². The summed E-state index contributed by atoms with van der Waals surface area (Å²) in [4.78, 5) is 14.7. The van der Waals surface area contributed by atoms with Gasteiger partial charge in [-0.25, -0.2) is 0 Å². The maximum atomic E-state index is 12.5. The fourth-order valence-electron chi connectivity index (χ4n) is 4.10. The minimum Gasteiger partial charge on any atom is -0.323 e. The van der Waals surface area contributed by atoms with Crippen LogP contribution in [0, 0.1) is 11.8 Å². The van der Waals surface area contributed by atoms with Crippen molar-refractivity contribution in [3.05, 3.63) is 0 Å². The van der Waals surface area contributed by atoms with Gasteiger partial charge in [0.25, 0.3) is 0 Å². The van der Waals surface area contributed by atoms with E-state index in [9.17, 15) is 4.79 Å². The number of carbonyl (C=O) groups excluding carboxylic acids is 1. The average Bonchev–Trinajstić information content (AvgIpc) is 2.92. The predicted octanol–water partition coefficient (Wildman–Crippen LogP) is 2.51. The molecule has 2 saturated carbocycles. The molecule has 0 aromatic carbocycles. The topological polar surface area (TPSA) is 32.3 Å². The Morgan fingerprint density at radius 1 is 1.28 bits per heavy atom. The highest BCUT2D eigenvalue weighted by atomic mass is 16.2. The van der Waals surface area contributed by atoms with E-state index in [2.05, 4.69) is 24.1 Å². The Morgan fingerprint density at radius 2 is 1.94 bits per heavy atom. The molecule has 3 nitrogen and oxygen atoms in total. The van der Waals surface area contributed by atoms with Crippen LogP contribution < -0.4 is 5.32 Å². The van der Waals surface area contributed by atoms with Crippen molar-refractivity contribution in [1.29, 1.82) is 0 Å². The van der Waals surface area contributed by atoms with Gasteiger partial charge in [0.1, 0.15) is 0 Å². The average molecular weight is 250 g/mol. The van der Waals surface area contributed by atoms with E-state index in [1.165, 1.54) is 38.5 Å². The summed E-state index contributed by atoms with van der Waals surface area (Å²) in [5.74, 6) is 1.90. The van der Waals surface area contributed by atoms with E-state index in [4.69, 9.17) is 0 Å². The van der Waals surface area contributed by atoms with Gasteiger partial charge in [-0.15, -0.1) is 0 Å². The van der Waals surface area contributed by atoms with Gasteiger partial charge in [0, 0.05) is 6.04 Å². The number of nitrogens with zero attached hydrogens (tertiary/aromatic N) is 1. The smallest absolute Gasteiger partial charge is 0.241 e. The molecule has 1 amide bonds. The van der Waals surface area contributed by atoms with Crippen LogP contribution in [0.5, 0.6) is 0 Å². The van der Waals surface area contributed by atoms with Crippen molar-refractivity contribution in [2.24, 2.45) is 11.8 Å². The Kier molecular flexibility index (Phi) is 3.35. The molecule has 0 aromatic heterocycles. The quantitative estimate of drug-likeness (QED) is 0.834. The molecule has 18 heavy (non-hydrogen) atoms. The van der Waals surface area contributed by atoms with Crippen molar-refractivity contribution in [1.82, 2.24) is 10.2 Å². The van der Waals surface area contributed by atoms with Crippen molar-refractivity contribution in [3.63, 3.8) is 0 Å². The maximum Gasteiger partial charge on any atom is 0.241 e. The molecule has 3 aliphatic rings. The number of carbonyl (C=O) groups is 1. The highest BCUT2D eigenvalue weighted by Crippen LogP contribution is 2.39. The molecule has 2 atom stereocenters. The molecule has 0 spiro atoms. The van der Waals surface area contributed by atoms with Gasteiger partial charge < -0.3 is 4.90 Å².